The maximum atomic E-state index is 12.8. The summed E-state index contributed by atoms with van der Waals surface area (Å²) >= 11 is 0. The van der Waals surface area contributed by atoms with Crippen molar-refractivity contribution >= 4 is 22.1 Å². The molecule has 6 unspecified atom stereocenters. The molecular weight excluding hydrogens is 789 g/mol. The van der Waals surface area contributed by atoms with Crippen LogP contribution in [0.2, 0.25) is 0 Å². The average Bonchev–Trinajstić information content (AvgIpc) is 3.21. The predicted molar refractivity (Wildman–Crippen MR) is 238 cm³/mol. The van der Waals surface area contributed by atoms with E-state index in [0.29, 0.717) is 12.8 Å². The lowest BCUT2D eigenvalue weighted by molar-refractivity contribution is -0.297. The Morgan fingerprint density at radius 1 is 0.567 bits per heavy atom. The molecule has 0 bridgehead atoms. The van der Waals surface area contributed by atoms with Crippen LogP contribution < -0.4 is 0 Å². The van der Waals surface area contributed by atoms with Gasteiger partial charge in [0.05, 0.1) is 6.61 Å². The van der Waals surface area contributed by atoms with Crippen LogP contribution in [0.4, 0.5) is 0 Å². The number of aliphatic hydroxyl groups is 3. The Kier molecular flexibility index (Phi) is 34.9. The van der Waals surface area contributed by atoms with Crippen molar-refractivity contribution in [2.24, 2.45) is 0 Å². The summed E-state index contributed by atoms with van der Waals surface area (Å²) in [6.07, 6.45) is 33.2. The van der Waals surface area contributed by atoms with Crippen molar-refractivity contribution in [3.8, 4) is 0 Å². The van der Waals surface area contributed by atoms with Gasteiger partial charge in [0, 0.05) is 12.8 Å². The molecular formula is C47H84O12S. The zero-order valence-corrected chi connectivity index (χ0v) is 38.1. The fraction of sp³-hybridized carbons (Fsp3) is 0.830. The molecule has 0 saturated carbocycles. The van der Waals surface area contributed by atoms with E-state index in [-0.39, 0.29) is 19.4 Å². The summed E-state index contributed by atoms with van der Waals surface area (Å²) < 4.78 is 54.1. The highest BCUT2D eigenvalue weighted by Crippen LogP contribution is 2.24. The molecule has 0 aromatic carbocycles. The summed E-state index contributed by atoms with van der Waals surface area (Å²) in [6.45, 7) is 3.72. The van der Waals surface area contributed by atoms with E-state index in [9.17, 15) is 37.9 Å². The third-order valence-electron chi connectivity index (χ3n) is 10.7. The molecule has 350 valence electrons. The molecule has 0 radical (unpaired) electrons. The van der Waals surface area contributed by atoms with E-state index in [2.05, 4.69) is 50.3 Å². The predicted octanol–water partition coefficient (Wildman–Crippen LogP) is 9.78. The first kappa shape index (κ1) is 55.9. The number of allylic oxidation sites excluding steroid dienone is 6. The van der Waals surface area contributed by atoms with Gasteiger partial charge in [-0.25, -0.2) is 0 Å². The van der Waals surface area contributed by atoms with Gasteiger partial charge in [0.2, 0.25) is 0 Å². The van der Waals surface area contributed by atoms with Gasteiger partial charge in [-0.1, -0.05) is 147 Å². The minimum Gasteiger partial charge on any atom is -0.462 e. The lowest BCUT2D eigenvalue weighted by Gasteiger charge is -2.40. The highest BCUT2D eigenvalue weighted by Gasteiger charge is 2.46. The Hall–Kier alpha value is -2.13. The van der Waals surface area contributed by atoms with Gasteiger partial charge in [-0.2, -0.15) is 8.42 Å². The van der Waals surface area contributed by atoms with Crippen LogP contribution in [0.3, 0.4) is 0 Å². The Morgan fingerprint density at radius 3 is 1.52 bits per heavy atom. The van der Waals surface area contributed by atoms with Gasteiger partial charge in [-0.05, 0) is 70.6 Å². The molecule has 0 aromatic rings. The standard InChI is InChI=1S/C47H84O12S/c1-3-5-7-9-11-13-15-17-19-20-22-23-25-27-29-31-33-35-42(48)56-37-40(38-57-47-46(52)45(51)44(50)41(59-47)39-60(53,54)55)58-43(49)36-34-32-30-28-26-24-21-18-16-14-12-10-8-6-4-2/h12,14,17-19,21,40-41,44-47,50-52H,3-11,13,15-16,20,22-39H2,1-2H3,(H,53,54,55)/b14-12-,19-17-,21-18-. The summed E-state index contributed by atoms with van der Waals surface area (Å²) in [5.41, 5.74) is 0. The van der Waals surface area contributed by atoms with Crippen LogP contribution in [0.25, 0.3) is 0 Å². The number of ether oxygens (including phenoxy) is 4. The van der Waals surface area contributed by atoms with E-state index in [1.807, 2.05) is 0 Å². The maximum absolute atomic E-state index is 12.8. The van der Waals surface area contributed by atoms with Crippen LogP contribution in [-0.4, -0.2) is 96.0 Å². The first-order valence-corrected chi connectivity index (χ1v) is 25.2. The lowest BCUT2D eigenvalue weighted by Crippen LogP contribution is -2.60. The molecule has 12 nitrogen and oxygen atoms in total. The summed E-state index contributed by atoms with van der Waals surface area (Å²) in [6, 6.07) is 0. The highest BCUT2D eigenvalue weighted by molar-refractivity contribution is 7.85. The van der Waals surface area contributed by atoms with E-state index in [4.69, 9.17) is 18.9 Å². The Balaban J connectivity index is 2.44. The van der Waals surface area contributed by atoms with Crippen LogP contribution in [0.1, 0.15) is 194 Å². The molecule has 1 heterocycles. The second-order valence-corrected chi connectivity index (χ2v) is 17.9. The van der Waals surface area contributed by atoms with Crippen LogP contribution >= 0.6 is 0 Å². The van der Waals surface area contributed by atoms with E-state index in [1.54, 1.807) is 0 Å². The summed E-state index contributed by atoms with van der Waals surface area (Å²) in [7, 11) is -4.60. The van der Waals surface area contributed by atoms with Crippen molar-refractivity contribution in [1.82, 2.24) is 0 Å². The van der Waals surface area contributed by atoms with E-state index in [0.717, 1.165) is 70.6 Å². The first-order valence-electron chi connectivity index (χ1n) is 23.5. The molecule has 4 N–H and O–H groups in total. The average molecular weight is 873 g/mol. The number of hydrogen-bond acceptors (Lipinski definition) is 11. The summed E-state index contributed by atoms with van der Waals surface area (Å²) in [4.78, 5) is 25.4. The topological polar surface area (TPSA) is 186 Å². The van der Waals surface area contributed by atoms with Crippen molar-refractivity contribution in [2.75, 3.05) is 19.0 Å². The summed E-state index contributed by atoms with van der Waals surface area (Å²) in [5.74, 6) is -2.00. The minimum absolute atomic E-state index is 0.148. The largest absolute Gasteiger partial charge is 0.462 e. The molecule has 1 fully saturated rings. The number of aliphatic hydroxyl groups excluding tert-OH is 3. The number of unbranched alkanes of at least 4 members (excludes halogenated alkanes) is 21. The molecule has 0 aromatic heterocycles. The third kappa shape index (κ3) is 31.7. The first-order chi connectivity index (χ1) is 29.0. The van der Waals surface area contributed by atoms with Crippen LogP contribution in [0, 0.1) is 0 Å². The van der Waals surface area contributed by atoms with Crippen molar-refractivity contribution in [3.05, 3.63) is 36.5 Å². The number of hydrogen-bond donors (Lipinski definition) is 4. The number of carbonyl (C=O) groups is 2. The molecule has 0 amide bonds. The number of esters is 2. The van der Waals surface area contributed by atoms with E-state index in [1.165, 1.54) is 83.5 Å². The van der Waals surface area contributed by atoms with Crippen LogP contribution in [0.5, 0.6) is 0 Å². The molecule has 1 saturated heterocycles. The van der Waals surface area contributed by atoms with E-state index >= 15 is 0 Å². The van der Waals surface area contributed by atoms with Crippen molar-refractivity contribution in [2.45, 2.75) is 230 Å². The molecule has 1 aliphatic heterocycles. The Labute approximate surface area is 363 Å². The van der Waals surface area contributed by atoms with Gasteiger partial charge in [-0.15, -0.1) is 0 Å². The zero-order valence-electron chi connectivity index (χ0n) is 37.3. The SMILES string of the molecule is CCCCC/C=C\C/C=C\CCCCCCCC(=O)OC(COC(=O)CCCCCCCCC/C=C\CCCCCCCC)COC1OC(CS(=O)(=O)O)C(O)C(O)C1O. The normalized spacial score (nSPS) is 20.4. The number of carbonyl (C=O) groups excluding carboxylic acids is 2. The van der Waals surface area contributed by atoms with Crippen molar-refractivity contribution in [3.63, 3.8) is 0 Å². The van der Waals surface area contributed by atoms with Gasteiger partial charge < -0.3 is 34.3 Å². The molecule has 0 spiro atoms. The van der Waals surface area contributed by atoms with Crippen LogP contribution in [0.15, 0.2) is 36.5 Å². The van der Waals surface area contributed by atoms with E-state index < -0.39 is 71.2 Å². The van der Waals surface area contributed by atoms with Crippen molar-refractivity contribution < 1.29 is 56.8 Å². The zero-order chi connectivity index (χ0) is 44.1. The monoisotopic (exact) mass is 873 g/mol. The molecule has 1 aliphatic rings. The van der Waals surface area contributed by atoms with Crippen molar-refractivity contribution in [1.29, 1.82) is 0 Å². The molecule has 60 heavy (non-hydrogen) atoms. The molecule has 0 aliphatic carbocycles. The second kappa shape index (κ2) is 37.4. The Morgan fingerprint density at radius 2 is 1.00 bits per heavy atom. The van der Waals surface area contributed by atoms with Gasteiger partial charge in [-0.3, -0.25) is 14.1 Å². The van der Waals surface area contributed by atoms with Gasteiger partial charge in [0.25, 0.3) is 10.1 Å². The summed E-state index contributed by atoms with van der Waals surface area (Å²) in [5, 5.41) is 30.9. The van der Waals surface area contributed by atoms with Gasteiger partial charge >= 0.3 is 11.9 Å². The molecule has 6 atom stereocenters. The van der Waals surface area contributed by atoms with Crippen LogP contribution in [-0.2, 0) is 38.7 Å². The lowest BCUT2D eigenvalue weighted by atomic mass is 10.00. The second-order valence-electron chi connectivity index (χ2n) is 16.4. The number of rotatable bonds is 39. The smallest absolute Gasteiger partial charge is 0.306 e. The fourth-order valence-corrected chi connectivity index (χ4v) is 7.69. The Bertz CT molecular complexity index is 1250. The highest BCUT2D eigenvalue weighted by atomic mass is 32.2. The van der Waals surface area contributed by atoms with Gasteiger partial charge in [0.15, 0.2) is 12.4 Å². The minimum atomic E-state index is -4.60. The fourth-order valence-electron chi connectivity index (χ4n) is 7.00. The quantitative estimate of drug-likeness (QED) is 0.0199. The maximum Gasteiger partial charge on any atom is 0.306 e. The molecule has 1 rings (SSSR count). The molecule has 13 heteroatoms. The third-order valence-corrected chi connectivity index (χ3v) is 11.4. The van der Waals surface area contributed by atoms with Gasteiger partial charge in [0.1, 0.15) is 36.8 Å².